The fraction of sp³-hybridized carbons (Fsp3) is 0.500. The van der Waals surface area contributed by atoms with Crippen molar-refractivity contribution in [2.24, 2.45) is 0 Å². The van der Waals surface area contributed by atoms with Gasteiger partial charge in [-0.1, -0.05) is 0 Å². The van der Waals surface area contributed by atoms with Gasteiger partial charge in [0.25, 0.3) is 0 Å². The summed E-state index contributed by atoms with van der Waals surface area (Å²) in [6, 6.07) is 3.56. The predicted molar refractivity (Wildman–Crippen MR) is 57.0 cm³/mol. The normalized spacial score (nSPS) is 24.9. The van der Waals surface area contributed by atoms with Gasteiger partial charge in [0.15, 0.2) is 0 Å². The lowest BCUT2D eigenvalue weighted by Gasteiger charge is -2.23. The first kappa shape index (κ1) is 11.5. The zero-order chi connectivity index (χ0) is 11.6. The molecular weight excluding hydrogens is 212 g/mol. The smallest absolute Gasteiger partial charge is 0.126 e. The van der Waals surface area contributed by atoms with Gasteiger partial charge in [-0.15, -0.1) is 0 Å². The van der Waals surface area contributed by atoms with Crippen LogP contribution in [0.25, 0.3) is 0 Å². The summed E-state index contributed by atoms with van der Waals surface area (Å²) in [7, 11) is 0. The number of hydrogen-bond donors (Lipinski definition) is 1. The number of halogens is 2. The van der Waals surface area contributed by atoms with Gasteiger partial charge in [0.1, 0.15) is 11.6 Å². The summed E-state index contributed by atoms with van der Waals surface area (Å²) in [4.78, 5) is 0. The molecule has 88 valence electrons. The van der Waals surface area contributed by atoms with Gasteiger partial charge in [0.2, 0.25) is 0 Å². The summed E-state index contributed by atoms with van der Waals surface area (Å²) >= 11 is 0. The fourth-order valence-electron chi connectivity index (χ4n) is 1.83. The highest BCUT2D eigenvalue weighted by Gasteiger charge is 2.28. The SMILES string of the molecule is CC1(NCc2cc(F)cc(F)c2)CCOC1. The predicted octanol–water partition coefficient (Wildman–Crippen LogP) is 2.23. The lowest BCUT2D eigenvalue weighted by molar-refractivity contribution is 0.171. The molecule has 0 spiro atoms. The number of nitrogens with one attached hydrogen (secondary N) is 1. The Morgan fingerprint density at radius 3 is 2.56 bits per heavy atom. The molecule has 2 nitrogen and oxygen atoms in total. The van der Waals surface area contributed by atoms with Crippen LogP contribution < -0.4 is 5.32 Å². The minimum atomic E-state index is -0.537. The highest BCUT2D eigenvalue weighted by molar-refractivity contribution is 5.18. The van der Waals surface area contributed by atoms with Crippen LogP contribution in [0.4, 0.5) is 8.78 Å². The van der Waals surface area contributed by atoms with Crippen molar-refractivity contribution in [2.45, 2.75) is 25.4 Å². The summed E-state index contributed by atoms with van der Waals surface area (Å²) in [5.74, 6) is -1.07. The van der Waals surface area contributed by atoms with E-state index in [0.717, 1.165) is 19.1 Å². The van der Waals surface area contributed by atoms with Crippen LogP contribution in [-0.4, -0.2) is 18.8 Å². The van der Waals surface area contributed by atoms with E-state index in [4.69, 9.17) is 4.74 Å². The van der Waals surface area contributed by atoms with Crippen LogP contribution in [0.15, 0.2) is 18.2 Å². The Bertz CT molecular complexity index is 355. The van der Waals surface area contributed by atoms with Gasteiger partial charge in [-0.3, -0.25) is 0 Å². The summed E-state index contributed by atoms with van der Waals surface area (Å²) in [5, 5.41) is 3.27. The maximum absolute atomic E-state index is 12.9. The lowest BCUT2D eigenvalue weighted by Crippen LogP contribution is -2.42. The summed E-state index contributed by atoms with van der Waals surface area (Å²) in [5.41, 5.74) is 0.536. The Hall–Kier alpha value is -1.00. The molecule has 0 aromatic heterocycles. The molecule has 1 unspecified atom stereocenters. The highest BCUT2D eigenvalue weighted by atomic mass is 19.1. The van der Waals surface area contributed by atoms with E-state index in [1.54, 1.807) is 0 Å². The lowest BCUT2D eigenvalue weighted by atomic mass is 10.0. The van der Waals surface area contributed by atoms with E-state index in [0.29, 0.717) is 18.7 Å². The van der Waals surface area contributed by atoms with Gasteiger partial charge in [-0.25, -0.2) is 8.78 Å². The van der Waals surface area contributed by atoms with Crippen molar-refractivity contribution in [1.29, 1.82) is 0 Å². The van der Waals surface area contributed by atoms with Gasteiger partial charge in [-0.05, 0) is 31.0 Å². The maximum atomic E-state index is 12.9. The third kappa shape index (κ3) is 2.77. The topological polar surface area (TPSA) is 21.3 Å². The van der Waals surface area contributed by atoms with Crippen LogP contribution in [0.3, 0.4) is 0 Å². The van der Waals surface area contributed by atoms with E-state index >= 15 is 0 Å². The molecule has 0 amide bonds. The van der Waals surface area contributed by atoms with E-state index in [2.05, 4.69) is 12.2 Å². The van der Waals surface area contributed by atoms with Crippen molar-refractivity contribution in [3.63, 3.8) is 0 Å². The number of rotatable bonds is 3. The molecule has 1 N–H and O–H groups in total. The van der Waals surface area contributed by atoms with E-state index in [1.165, 1.54) is 12.1 Å². The first-order chi connectivity index (χ1) is 7.57. The molecule has 1 aliphatic heterocycles. The number of benzene rings is 1. The second-order valence-electron chi connectivity index (χ2n) is 4.49. The van der Waals surface area contributed by atoms with Gasteiger partial charge < -0.3 is 10.1 Å². The third-order valence-corrected chi connectivity index (χ3v) is 2.86. The van der Waals surface area contributed by atoms with E-state index in [1.807, 2.05) is 0 Å². The molecule has 1 aromatic rings. The molecule has 1 aromatic carbocycles. The second kappa shape index (κ2) is 4.47. The highest BCUT2D eigenvalue weighted by Crippen LogP contribution is 2.18. The second-order valence-corrected chi connectivity index (χ2v) is 4.49. The fourth-order valence-corrected chi connectivity index (χ4v) is 1.83. The van der Waals surface area contributed by atoms with Crippen molar-refractivity contribution >= 4 is 0 Å². The molecule has 0 saturated carbocycles. The van der Waals surface area contributed by atoms with Gasteiger partial charge in [0, 0.05) is 24.8 Å². The monoisotopic (exact) mass is 227 g/mol. The molecule has 1 aliphatic rings. The average Bonchev–Trinajstić information content (AvgIpc) is 2.62. The van der Waals surface area contributed by atoms with E-state index in [9.17, 15) is 8.78 Å². The molecule has 0 bridgehead atoms. The molecule has 4 heteroatoms. The van der Waals surface area contributed by atoms with Crippen molar-refractivity contribution in [1.82, 2.24) is 5.32 Å². The van der Waals surface area contributed by atoms with Crippen molar-refractivity contribution in [2.75, 3.05) is 13.2 Å². The maximum Gasteiger partial charge on any atom is 0.126 e. The average molecular weight is 227 g/mol. The van der Waals surface area contributed by atoms with Crippen LogP contribution in [0.5, 0.6) is 0 Å². The Balaban J connectivity index is 1.98. The molecule has 1 saturated heterocycles. The molecule has 16 heavy (non-hydrogen) atoms. The third-order valence-electron chi connectivity index (χ3n) is 2.86. The molecular formula is C12H15F2NO. The summed E-state index contributed by atoms with van der Waals surface area (Å²) in [6.07, 6.45) is 0.921. The summed E-state index contributed by atoms with van der Waals surface area (Å²) < 4.78 is 31.1. The van der Waals surface area contributed by atoms with Crippen LogP contribution in [-0.2, 0) is 11.3 Å². The summed E-state index contributed by atoms with van der Waals surface area (Å²) in [6.45, 7) is 3.88. The van der Waals surface area contributed by atoms with Crippen molar-refractivity contribution in [3.05, 3.63) is 35.4 Å². The minimum absolute atomic E-state index is 0.0806. The van der Waals surface area contributed by atoms with Crippen molar-refractivity contribution < 1.29 is 13.5 Å². The Morgan fingerprint density at radius 1 is 1.31 bits per heavy atom. The first-order valence-electron chi connectivity index (χ1n) is 5.35. The number of hydrogen-bond acceptors (Lipinski definition) is 2. The van der Waals surface area contributed by atoms with Crippen LogP contribution in [0.2, 0.25) is 0 Å². The van der Waals surface area contributed by atoms with Crippen LogP contribution in [0.1, 0.15) is 18.9 Å². The zero-order valence-corrected chi connectivity index (χ0v) is 9.22. The molecule has 1 fully saturated rings. The zero-order valence-electron chi connectivity index (χ0n) is 9.22. The largest absolute Gasteiger partial charge is 0.379 e. The van der Waals surface area contributed by atoms with Gasteiger partial charge in [0.05, 0.1) is 6.61 Å². The first-order valence-corrected chi connectivity index (χ1v) is 5.35. The molecule has 2 rings (SSSR count). The molecule has 0 radical (unpaired) electrons. The van der Waals surface area contributed by atoms with Crippen LogP contribution >= 0.6 is 0 Å². The van der Waals surface area contributed by atoms with Crippen molar-refractivity contribution in [3.8, 4) is 0 Å². The number of ether oxygens (including phenoxy) is 1. The minimum Gasteiger partial charge on any atom is -0.379 e. The van der Waals surface area contributed by atoms with E-state index in [-0.39, 0.29) is 5.54 Å². The Labute approximate surface area is 93.6 Å². The van der Waals surface area contributed by atoms with Crippen LogP contribution in [0, 0.1) is 11.6 Å². The standard InChI is InChI=1S/C12H15F2NO/c1-12(2-3-16-8-12)15-7-9-4-10(13)6-11(14)5-9/h4-6,15H,2-3,7-8H2,1H3. The quantitative estimate of drug-likeness (QED) is 0.855. The Kier molecular flexibility index (Phi) is 3.21. The van der Waals surface area contributed by atoms with Gasteiger partial charge in [-0.2, -0.15) is 0 Å². The Morgan fingerprint density at radius 2 is 2.00 bits per heavy atom. The molecule has 0 aliphatic carbocycles. The molecule has 1 heterocycles. The van der Waals surface area contributed by atoms with Gasteiger partial charge >= 0.3 is 0 Å². The van der Waals surface area contributed by atoms with E-state index < -0.39 is 11.6 Å². The molecule has 1 atom stereocenters.